The van der Waals surface area contributed by atoms with Gasteiger partial charge in [0.05, 0.1) is 18.6 Å². The van der Waals surface area contributed by atoms with Crippen molar-refractivity contribution >= 4 is 11.8 Å². The number of rotatable bonds is 5. The highest BCUT2D eigenvalue weighted by molar-refractivity contribution is 5.84. The molecule has 1 aliphatic heterocycles. The van der Waals surface area contributed by atoms with E-state index >= 15 is 0 Å². The molecule has 1 fully saturated rings. The Kier molecular flexibility index (Phi) is 5.33. The average molecular weight is 290 g/mol. The number of ether oxygens (including phenoxy) is 1. The second kappa shape index (κ2) is 7.22. The van der Waals surface area contributed by atoms with Gasteiger partial charge in [0.15, 0.2) is 0 Å². The van der Waals surface area contributed by atoms with Gasteiger partial charge in [0.2, 0.25) is 11.8 Å². The molecule has 0 aromatic heterocycles. The van der Waals surface area contributed by atoms with E-state index in [1.54, 1.807) is 19.1 Å². The zero-order valence-corrected chi connectivity index (χ0v) is 12.5. The van der Waals surface area contributed by atoms with Crippen LogP contribution in [0.4, 0.5) is 0 Å². The van der Waals surface area contributed by atoms with Crippen LogP contribution in [-0.4, -0.2) is 44.0 Å². The Bertz CT molecular complexity index is 490. The maximum absolute atomic E-state index is 12.4. The first-order valence-corrected chi connectivity index (χ1v) is 7.22. The Morgan fingerprint density at radius 3 is 2.76 bits per heavy atom. The first-order valence-electron chi connectivity index (χ1n) is 7.22. The van der Waals surface area contributed by atoms with E-state index in [2.05, 4.69) is 5.32 Å². The largest absolute Gasteiger partial charge is 0.383 e. The number of carbonyl (C=O) groups excluding carboxylic acids is 2. The third-order valence-electron chi connectivity index (χ3n) is 3.94. The summed E-state index contributed by atoms with van der Waals surface area (Å²) in [5, 5.41) is 2.89. The van der Waals surface area contributed by atoms with E-state index in [9.17, 15) is 9.59 Å². The van der Waals surface area contributed by atoms with E-state index in [-0.39, 0.29) is 23.8 Å². The lowest BCUT2D eigenvalue weighted by atomic mass is 9.84. The molecule has 5 nitrogen and oxygen atoms in total. The summed E-state index contributed by atoms with van der Waals surface area (Å²) < 4.78 is 4.95. The summed E-state index contributed by atoms with van der Waals surface area (Å²) in [6.07, 6.45) is 1.00. The molecule has 0 radical (unpaired) electrons. The summed E-state index contributed by atoms with van der Waals surface area (Å²) in [5.74, 6) is -0.142. The van der Waals surface area contributed by atoms with Crippen molar-refractivity contribution in [1.82, 2.24) is 10.2 Å². The molecule has 21 heavy (non-hydrogen) atoms. The molecule has 2 amide bonds. The number of hydrogen-bond donors (Lipinski definition) is 1. The zero-order chi connectivity index (χ0) is 15.2. The van der Waals surface area contributed by atoms with Crippen molar-refractivity contribution in [2.24, 2.45) is 5.92 Å². The number of piperidine rings is 1. The van der Waals surface area contributed by atoms with Gasteiger partial charge < -0.3 is 15.0 Å². The van der Waals surface area contributed by atoms with Crippen molar-refractivity contribution in [3.63, 3.8) is 0 Å². The number of amides is 2. The Balaban J connectivity index is 2.17. The maximum Gasteiger partial charge on any atom is 0.225 e. The fourth-order valence-corrected chi connectivity index (χ4v) is 2.83. The van der Waals surface area contributed by atoms with Crippen molar-refractivity contribution < 1.29 is 14.3 Å². The van der Waals surface area contributed by atoms with Crippen LogP contribution in [0.5, 0.6) is 0 Å². The molecular weight excluding hydrogens is 268 g/mol. The van der Waals surface area contributed by atoms with Gasteiger partial charge in [0.1, 0.15) is 0 Å². The van der Waals surface area contributed by atoms with Crippen LogP contribution >= 0.6 is 0 Å². The lowest BCUT2D eigenvalue weighted by molar-refractivity contribution is -0.141. The molecule has 0 bridgehead atoms. The highest BCUT2D eigenvalue weighted by Gasteiger charge is 2.38. The van der Waals surface area contributed by atoms with Gasteiger partial charge in [0.25, 0.3) is 0 Å². The Labute approximate surface area is 125 Å². The lowest BCUT2D eigenvalue weighted by Gasteiger charge is -2.38. The van der Waals surface area contributed by atoms with Gasteiger partial charge >= 0.3 is 0 Å². The molecular formula is C16H22N2O3. The lowest BCUT2D eigenvalue weighted by Crippen LogP contribution is -2.46. The molecule has 0 spiro atoms. The van der Waals surface area contributed by atoms with Gasteiger partial charge in [-0.2, -0.15) is 0 Å². The van der Waals surface area contributed by atoms with Crippen LogP contribution in [0.15, 0.2) is 30.3 Å². The van der Waals surface area contributed by atoms with E-state index in [4.69, 9.17) is 4.74 Å². The Morgan fingerprint density at radius 1 is 1.38 bits per heavy atom. The molecule has 1 saturated heterocycles. The third-order valence-corrected chi connectivity index (χ3v) is 3.94. The minimum Gasteiger partial charge on any atom is -0.383 e. The van der Waals surface area contributed by atoms with E-state index in [1.807, 2.05) is 30.3 Å². The topological polar surface area (TPSA) is 58.6 Å². The summed E-state index contributed by atoms with van der Waals surface area (Å²) in [7, 11) is 3.38. The van der Waals surface area contributed by atoms with Crippen LogP contribution in [0.3, 0.4) is 0 Å². The van der Waals surface area contributed by atoms with Gasteiger partial charge in [-0.1, -0.05) is 30.3 Å². The van der Waals surface area contributed by atoms with Crippen molar-refractivity contribution in [2.75, 3.05) is 27.3 Å². The maximum atomic E-state index is 12.4. The van der Waals surface area contributed by atoms with Crippen LogP contribution in [0.25, 0.3) is 0 Å². The fourth-order valence-electron chi connectivity index (χ4n) is 2.83. The van der Waals surface area contributed by atoms with Crippen LogP contribution < -0.4 is 5.32 Å². The molecule has 0 unspecified atom stereocenters. The molecule has 1 aromatic rings. The van der Waals surface area contributed by atoms with Crippen molar-refractivity contribution in [2.45, 2.75) is 18.9 Å². The van der Waals surface area contributed by atoms with Crippen LogP contribution in [0, 0.1) is 5.92 Å². The number of likely N-dealkylation sites (tertiary alicyclic amines) is 1. The number of nitrogens with zero attached hydrogens (tertiary/aromatic N) is 1. The minimum absolute atomic E-state index is 0.0137. The predicted molar refractivity (Wildman–Crippen MR) is 79.6 cm³/mol. The molecule has 5 heteroatoms. The summed E-state index contributed by atoms with van der Waals surface area (Å²) in [5.41, 5.74) is 1.000. The molecule has 0 saturated carbocycles. The molecule has 2 rings (SSSR count). The van der Waals surface area contributed by atoms with E-state index in [0.717, 1.165) is 5.56 Å². The zero-order valence-electron chi connectivity index (χ0n) is 12.5. The molecule has 1 aliphatic rings. The van der Waals surface area contributed by atoms with Gasteiger partial charge in [-0.05, 0) is 12.0 Å². The van der Waals surface area contributed by atoms with Gasteiger partial charge in [-0.15, -0.1) is 0 Å². The number of benzene rings is 1. The number of methoxy groups -OCH3 is 1. The summed E-state index contributed by atoms with van der Waals surface area (Å²) in [4.78, 5) is 26.1. The van der Waals surface area contributed by atoms with Gasteiger partial charge in [0, 0.05) is 27.1 Å². The first-order chi connectivity index (χ1) is 10.1. The SMILES string of the molecule is COCCNC(=O)[C@@H]1CCC(=O)N(C)[C@H]1c1ccccc1. The Morgan fingerprint density at radius 2 is 2.10 bits per heavy atom. The quantitative estimate of drug-likeness (QED) is 0.833. The molecule has 0 aliphatic carbocycles. The number of carbonyl (C=O) groups is 2. The normalized spacial score (nSPS) is 22.2. The summed E-state index contributed by atoms with van der Waals surface area (Å²) >= 11 is 0. The van der Waals surface area contributed by atoms with E-state index in [1.165, 1.54) is 0 Å². The average Bonchev–Trinajstić information content (AvgIpc) is 2.50. The standard InChI is InChI=1S/C16H22N2O3/c1-18-14(19)9-8-13(16(20)17-10-11-21-2)15(18)12-6-4-3-5-7-12/h3-7,13,15H,8-11H2,1-2H3,(H,17,20)/t13-,15+/m1/s1. The molecule has 1 aromatic carbocycles. The van der Waals surface area contributed by atoms with Crippen molar-refractivity contribution in [3.8, 4) is 0 Å². The molecule has 2 atom stereocenters. The van der Waals surface area contributed by atoms with Crippen LogP contribution in [0.1, 0.15) is 24.4 Å². The number of nitrogens with one attached hydrogen (secondary N) is 1. The number of hydrogen-bond acceptors (Lipinski definition) is 3. The van der Waals surface area contributed by atoms with Crippen LogP contribution in [-0.2, 0) is 14.3 Å². The summed E-state index contributed by atoms with van der Waals surface area (Å²) in [6.45, 7) is 0.980. The third kappa shape index (κ3) is 3.61. The van der Waals surface area contributed by atoms with Crippen molar-refractivity contribution in [3.05, 3.63) is 35.9 Å². The molecule has 114 valence electrons. The predicted octanol–water partition coefficient (Wildman–Crippen LogP) is 1.36. The first kappa shape index (κ1) is 15.5. The second-order valence-corrected chi connectivity index (χ2v) is 5.29. The minimum atomic E-state index is -0.216. The highest BCUT2D eigenvalue weighted by atomic mass is 16.5. The van der Waals surface area contributed by atoms with E-state index < -0.39 is 0 Å². The van der Waals surface area contributed by atoms with Crippen LogP contribution in [0.2, 0.25) is 0 Å². The Hall–Kier alpha value is -1.88. The highest BCUT2D eigenvalue weighted by Crippen LogP contribution is 2.35. The van der Waals surface area contributed by atoms with Crippen molar-refractivity contribution in [1.29, 1.82) is 0 Å². The van der Waals surface area contributed by atoms with Gasteiger partial charge in [-0.3, -0.25) is 9.59 Å². The van der Waals surface area contributed by atoms with E-state index in [0.29, 0.717) is 26.0 Å². The summed E-state index contributed by atoms with van der Waals surface area (Å²) in [6, 6.07) is 9.53. The second-order valence-electron chi connectivity index (χ2n) is 5.29. The fraction of sp³-hybridized carbons (Fsp3) is 0.500. The molecule has 1 heterocycles. The molecule has 1 N–H and O–H groups in total. The monoisotopic (exact) mass is 290 g/mol. The van der Waals surface area contributed by atoms with Gasteiger partial charge in [-0.25, -0.2) is 0 Å². The smallest absolute Gasteiger partial charge is 0.225 e.